The van der Waals surface area contributed by atoms with Gasteiger partial charge >= 0.3 is 0 Å². The van der Waals surface area contributed by atoms with Gasteiger partial charge in [0.05, 0.1) is 5.52 Å². The lowest BCUT2D eigenvalue weighted by Crippen LogP contribution is -2.10. The van der Waals surface area contributed by atoms with E-state index in [0.717, 1.165) is 28.6 Å². The number of fused-ring (bicyclic) bond motifs is 1. The first-order valence-corrected chi connectivity index (χ1v) is 10.4. The highest BCUT2D eigenvalue weighted by molar-refractivity contribution is 5.94. The Labute approximate surface area is 186 Å². The summed E-state index contributed by atoms with van der Waals surface area (Å²) < 4.78 is 0. The van der Waals surface area contributed by atoms with Crippen molar-refractivity contribution in [2.45, 2.75) is 19.8 Å². The Morgan fingerprint density at radius 1 is 1.03 bits per heavy atom. The minimum Gasteiger partial charge on any atom is -0.398 e. The highest BCUT2D eigenvalue weighted by atomic mass is 16.1. The van der Waals surface area contributed by atoms with Crippen molar-refractivity contribution in [3.05, 3.63) is 72.3 Å². The van der Waals surface area contributed by atoms with Crippen molar-refractivity contribution in [3.8, 4) is 11.4 Å². The molecular formula is C25H24N6O. The van der Waals surface area contributed by atoms with E-state index >= 15 is 0 Å². The first-order chi connectivity index (χ1) is 15.6. The second kappa shape index (κ2) is 9.26. The Bertz CT molecular complexity index is 1300. The molecule has 1 heterocycles. The van der Waals surface area contributed by atoms with Gasteiger partial charge in [0.25, 0.3) is 0 Å². The van der Waals surface area contributed by atoms with Gasteiger partial charge in [-0.3, -0.25) is 4.79 Å². The summed E-state index contributed by atoms with van der Waals surface area (Å²) in [7, 11) is 0. The van der Waals surface area contributed by atoms with Crippen molar-refractivity contribution in [2.75, 3.05) is 16.4 Å². The summed E-state index contributed by atoms with van der Waals surface area (Å²) in [5, 5.41) is 14.7. The number of benzene rings is 3. The largest absolute Gasteiger partial charge is 0.398 e. The fourth-order valence-corrected chi connectivity index (χ4v) is 3.40. The number of nitrogens with two attached hydrogens (primary N) is 1. The second-order valence-corrected chi connectivity index (χ2v) is 7.40. The average Bonchev–Trinajstić information content (AvgIpc) is 2.80. The van der Waals surface area contributed by atoms with Gasteiger partial charge in [0.1, 0.15) is 5.82 Å². The molecule has 160 valence electrons. The third-order valence-electron chi connectivity index (χ3n) is 4.99. The number of nitrogens with zero attached hydrogens (tertiary/aromatic N) is 2. The fourth-order valence-electron chi connectivity index (χ4n) is 3.40. The molecule has 0 spiro atoms. The number of para-hydroxylation sites is 1. The normalized spacial score (nSPS) is 10.7. The molecule has 32 heavy (non-hydrogen) atoms. The number of aromatic nitrogens is 2. The quantitative estimate of drug-likeness (QED) is 0.235. The smallest absolute Gasteiger partial charge is 0.224 e. The van der Waals surface area contributed by atoms with Crippen molar-refractivity contribution in [2.24, 2.45) is 0 Å². The highest BCUT2D eigenvalue weighted by Crippen LogP contribution is 2.29. The molecule has 0 unspecified atom stereocenters. The average molecular weight is 425 g/mol. The number of rotatable bonds is 7. The minimum absolute atomic E-state index is 0.0169. The van der Waals surface area contributed by atoms with Crippen LogP contribution in [0.15, 0.2) is 66.7 Å². The van der Waals surface area contributed by atoms with Gasteiger partial charge in [0, 0.05) is 46.2 Å². The maximum absolute atomic E-state index is 12.0. The zero-order valence-electron chi connectivity index (χ0n) is 17.7. The summed E-state index contributed by atoms with van der Waals surface area (Å²) in [4.78, 5) is 21.5. The summed E-state index contributed by atoms with van der Waals surface area (Å²) in [5.74, 6) is 1.17. The predicted molar refractivity (Wildman–Crippen MR) is 131 cm³/mol. The van der Waals surface area contributed by atoms with Gasteiger partial charge in [-0.25, -0.2) is 9.97 Å². The molecule has 0 aliphatic heterocycles. The number of anilines is 4. The van der Waals surface area contributed by atoms with E-state index in [-0.39, 0.29) is 5.91 Å². The highest BCUT2D eigenvalue weighted by Gasteiger charge is 2.11. The Morgan fingerprint density at radius 2 is 1.88 bits per heavy atom. The molecule has 1 amide bonds. The number of carbonyl (C=O) groups excluding carboxylic acids is 1. The third kappa shape index (κ3) is 4.57. The summed E-state index contributed by atoms with van der Waals surface area (Å²) in [6.07, 6.45) is 2.49. The summed E-state index contributed by atoms with van der Waals surface area (Å²) in [6, 6.07) is 20.7. The number of carbonyl (C=O) groups is 1. The van der Waals surface area contributed by atoms with Crippen molar-refractivity contribution in [1.29, 1.82) is 5.41 Å². The lowest BCUT2D eigenvalue weighted by molar-refractivity contribution is -0.116. The van der Waals surface area contributed by atoms with Crippen LogP contribution >= 0.6 is 0 Å². The molecule has 7 heteroatoms. The van der Waals surface area contributed by atoms with E-state index < -0.39 is 0 Å². The van der Waals surface area contributed by atoms with E-state index in [9.17, 15) is 4.79 Å². The number of hydrogen-bond acceptors (Lipinski definition) is 6. The van der Waals surface area contributed by atoms with Gasteiger partial charge in [0.15, 0.2) is 5.82 Å². The zero-order valence-corrected chi connectivity index (χ0v) is 17.7. The first-order valence-electron chi connectivity index (χ1n) is 10.4. The molecule has 3 aromatic carbocycles. The molecule has 7 nitrogen and oxygen atoms in total. The van der Waals surface area contributed by atoms with E-state index in [1.165, 1.54) is 6.21 Å². The molecule has 0 saturated carbocycles. The van der Waals surface area contributed by atoms with Crippen LogP contribution in [0.3, 0.4) is 0 Å². The molecule has 0 aliphatic carbocycles. The van der Waals surface area contributed by atoms with E-state index in [0.29, 0.717) is 35.0 Å². The molecule has 1 aromatic heterocycles. The maximum Gasteiger partial charge on any atom is 0.224 e. The van der Waals surface area contributed by atoms with Gasteiger partial charge in [-0.1, -0.05) is 31.2 Å². The van der Waals surface area contributed by atoms with Crippen molar-refractivity contribution >= 4 is 45.9 Å². The van der Waals surface area contributed by atoms with E-state index in [1.54, 1.807) is 6.07 Å². The zero-order chi connectivity index (χ0) is 22.5. The van der Waals surface area contributed by atoms with Gasteiger partial charge in [0.2, 0.25) is 5.91 Å². The monoisotopic (exact) mass is 424 g/mol. The molecular weight excluding hydrogens is 400 g/mol. The van der Waals surface area contributed by atoms with Crippen LogP contribution < -0.4 is 16.4 Å². The molecule has 4 aromatic rings. The van der Waals surface area contributed by atoms with E-state index in [4.69, 9.17) is 21.1 Å². The van der Waals surface area contributed by atoms with Crippen LogP contribution in [0.1, 0.15) is 25.3 Å². The molecule has 0 radical (unpaired) electrons. The van der Waals surface area contributed by atoms with Crippen LogP contribution in [-0.2, 0) is 4.79 Å². The topological polar surface area (TPSA) is 117 Å². The van der Waals surface area contributed by atoms with Crippen LogP contribution in [0.4, 0.5) is 22.9 Å². The van der Waals surface area contributed by atoms with Crippen molar-refractivity contribution < 1.29 is 4.79 Å². The number of nitrogens with one attached hydrogen (secondary N) is 3. The maximum atomic E-state index is 12.0. The number of hydrogen-bond donors (Lipinski definition) is 4. The van der Waals surface area contributed by atoms with Crippen LogP contribution in [0.2, 0.25) is 0 Å². The van der Waals surface area contributed by atoms with Crippen molar-refractivity contribution in [1.82, 2.24) is 9.97 Å². The fraction of sp³-hybridized carbons (Fsp3) is 0.120. The lowest BCUT2D eigenvalue weighted by atomic mass is 10.1. The van der Waals surface area contributed by atoms with Gasteiger partial charge in [-0.2, -0.15) is 0 Å². The Balaban J connectivity index is 1.74. The Kier molecular flexibility index (Phi) is 6.07. The molecule has 0 atom stereocenters. The number of nitrogen functional groups attached to an aromatic ring is 1. The van der Waals surface area contributed by atoms with Crippen LogP contribution in [0.5, 0.6) is 0 Å². The summed E-state index contributed by atoms with van der Waals surface area (Å²) >= 11 is 0. The SMILES string of the molecule is CCCC(=O)Nc1cccc(-c2nc(Nc3ccc(N)c(C=N)c3)c3ccccc3n2)c1. The van der Waals surface area contributed by atoms with Crippen molar-refractivity contribution in [3.63, 3.8) is 0 Å². The molecule has 5 N–H and O–H groups in total. The third-order valence-corrected chi connectivity index (χ3v) is 4.99. The Morgan fingerprint density at radius 3 is 2.69 bits per heavy atom. The lowest BCUT2D eigenvalue weighted by Gasteiger charge is -2.13. The summed E-state index contributed by atoms with van der Waals surface area (Å²) in [5.41, 5.74) is 10.2. The standard InChI is InChI=1S/C25H24N6O/c1-2-6-23(32)28-18-8-5-7-16(13-18)24-30-22-10-4-3-9-20(22)25(31-24)29-19-11-12-21(27)17(14-19)15-26/h3-5,7-15,26H,2,6,27H2,1H3,(H,28,32)(H,29,30,31). The predicted octanol–water partition coefficient (Wildman–Crippen LogP) is 5.36. The molecule has 4 rings (SSSR count). The van der Waals surface area contributed by atoms with Gasteiger partial charge in [-0.05, 0) is 48.9 Å². The van der Waals surface area contributed by atoms with Gasteiger partial charge in [-0.15, -0.1) is 0 Å². The van der Waals surface area contributed by atoms with Crippen LogP contribution in [0.25, 0.3) is 22.3 Å². The minimum atomic E-state index is -0.0169. The number of amides is 1. The molecule has 0 aliphatic rings. The molecule has 0 bridgehead atoms. The Hall–Kier alpha value is -4.26. The second-order valence-electron chi connectivity index (χ2n) is 7.40. The van der Waals surface area contributed by atoms with E-state index in [2.05, 4.69) is 10.6 Å². The summed E-state index contributed by atoms with van der Waals surface area (Å²) in [6.45, 7) is 1.97. The first kappa shape index (κ1) is 21.0. The van der Waals surface area contributed by atoms with Crippen LogP contribution in [-0.4, -0.2) is 22.1 Å². The molecule has 0 saturated heterocycles. The van der Waals surface area contributed by atoms with E-state index in [1.807, 2.05) is 67.6 Å². The van der Waals surface area contributed by atoms with Crippen LogP contribution in [0, 0.1) is 5.41 Å². The van der Waals surface area contributed by atoms with Gasteiger partial charge < -0.3 is 21.8 Å². The molecule has 0 fully saturated rings.